The number of ether oxygens (including phenoxy) is 1. The first kappa shape index (κ1) is 32.1. The van der Waals surface area contributed by atoms with Gasteiger partial charge in [-0.3, -0.25) is 9.69 Å². The smallest absolute Gasteiger partial charge is 0.324 e. The summed E-state index contributed by atoms with van der Waals surface area (Å²) in [5.41, 5.74) is 0. The highest BCUT2D eigenvalue weighted by atomic mass is 16.5. The summed E-state index contributed by atoms with van der Waals surface area (Å²) in [6, 6.07) is 0.0694. The van der Waals surface area contributed by atoms with Gasteiger partial charge in [-0.2, -0.15) is 0 Å². The largest absolute Gasteiger partial charge is 0.468 e. The van der Waals surface area contributed by atoms with E-state index in [4.69, 9.17) is 0 Å². The lowest BCUT2D eigenvalue weighted by atomic mass is 10.4. The third-order valence-corrected chi connectivity index (χ3v) is 3.33. The van der Waals surface area contributed by atoms with Crippen molar-refractivity contribution in [1.82, 2.24) is 9.80 Å². The molecule has 2 fully saturated rings. The summed E-state index contributed by atoms with van der Waals surface area (Å²) in [5.74, 6) is -0.100. The van der Waals surface area contributed by atoms with Crippen LogP contribution in [0.25, 0.3) is 0 Å². The minimum absolute atomic E-state index is 0.0694. The summed E-state index contributed by atoms with van der Waals surface area (Å²) >= 11 is 0. The maximum Gasteiger partial charge on any atom is 0.324 e. The lowest BCUT2D eigenvalue weighted by Crippen LogP contribution is -2.19. The van der Waals surface area contributed by atoms with Crippen molar-refractivity contribution in [2.24, 2.45) is 0 Å². The number of carbonyl (C=O) groups is 1. The van der Waals surface area contributed by atoms with Crippen LogP contribution in [0.3, 0.4) is 0 Å². The molecule has 0 saturated carbocycles. The Morgan fingerprint density at radius 2 is 1.36 bits per heavy atom. The van der Waals surface area contributed by atoms with Gasteiger partial charge in [0.15, 0.2) is 0 Å². The van der Waals surface area contributed by atoms with E-state index in [-0.39, 0.29) is 12.0 Å². The van der Waals surface area contributed by atoms with E-state index in [0.717, 1.165) is 13.1 Å². The van der Waals surface area contributed by atoms with E-state index in [9.17, 15) is 4.79 Å². The molecule has 2 saturated heterocycles. The van der Waals surface area contributed by atoms with Gasteiger partial charge in [0.05, 0.1) is 7.11 Å². The zero-order chi connectivity index (χ0) is 20.7. The second-order valence-corrected chi connectivity index (χ2v) is 4.68. The molecule has 0 aliphatic carbocycles. The highest BCUT2D eigenvalue weighted by molar-refractivity contribution is 5.78. The Balaban J connectivity index is -0.000000127. The fourth-order valence-electron chi connectivity index (χ4n) is 2.21. The molecule has 2 atom stereocenters. The number of hydrogen-bond acceptors (Lipinski definition) is 4. The molecule has 0 bridgehead atoms. The molecule has 0 aromatic carbocycles. The predicted molar refractivity (Wildman–Crippen MR) is 114 cm³/mol. The van der Waals surface area contributed by atoms with Gasteiger partial charge in [0.25, 0.3) is 0 Å². The van der Waals surface area contributed by atoms with Crippen LogP contribution in [-0.2, 0) is 9.53 Å². The molecule has 25 heavy (non-hydrogen) atoms. The lowest BCUT2D eigenvalue weighted by molar-refractivity contribution is -0.140. The quantitative estimate of drug-likeness (QED) is 0.491. The molecule has 0 aromatic rings. The van der Waals surface area contributed by atoms with E-state index in [1.165, 1.54) is 46.0 Å². The van der Waals surface area contributed by atoms with Crippen LogP contribution in [0, 0.1) is 0 Å². The minimum Gasteiger partial charge on any atom is -0.468 e. The first-order valence-electron chi connectivity index (χ1n) is 10.8. The Morgan fingerprint density at radius 3 is 1.64 bits per heavy atom. The van der Waals surface area contributed by atoms with Gasteiger partial charge in [0.1, 0.15) is 6.04 Å². The molecule has 4 heteroatoms. The van der Waals surface area contributed by atoms with Crippen molar-refractivity contribution in [1.29, 1.82) is 0 Å². The van der Waals surface area contributed by atoms with Gasteiger partial charge in [0, 0.05) is 6.54 Å². The average molecular weight is 363 g/mol. The molecule has 0 spiro atoms. The standard InChI is InChI=1S/C7H15N.C6H11NO2.4C2H6/c1-2-5-8-6-3-4-7-8;1-3-7-4-5(7)6(8)9-2;4*1-2/h2-7H2,1H3;5H,3-4H2,1-2H3;4*1-2H3. The second kappa shape index (κ2) is 28.2. The van der Waals surface area contributed by atoms with Crippen LogP contribution in [0.15, 0.2) is 0 Å². The van der Waals surface area contributed by atoms with Crippen molar-refractivity contribution in [3.05, 3.63) is 0 Å². The van der Waals surface area contributed by atoms with Crippen LogP contribution >= 0.6 is 0 Å². The molecule has 0 N–H and O–H groups in total. The van der Waals surface area contributed by atoms with E-state index in [1.807, 2.05) is 67.2 Å². The zero-order valence-corrected chi connectivity index (χ0v) is 19.4. The van der Waals surface area contributed by atoms with Gasteiger partial charge < -0.3 is 9.64 Å². The average Bonchev–Trinajstić information content (AvgIpc) is 3.34. The van der Waals surface area contributed by atoms with Gasteiger partial charge in [-0.05, 0) is 45.4 Å². The topological polar surface area (TPSA) is 32.5 Å². The normalized spacial score (nSPS) is 19.5. The molecular weight excluding hydrogens is 312 g/mol. The summed E-state index contributed by atoms with van der Waals surface area (Å²) in [4.78, 5) is 15.3. The van der Waals surface area contributed by atoms with Crippen molar-refractivity contribution in [2.45, 2.75) is 94.5 Å². The fraction of sp³-hybridized carbons (Fsp3) is 0.952. The summed E-state index contributed by atoms with van der Waals surface area (Å²) in [7, 11) is 1.43. The molecular formula is C21H50N2O2. The van der Waals surface area contributed by atoms with Crippen LogP contribution in [0.1, 0.15) is 88.5 Å². The SMILES string of the molecule is CC.CC.CC.CC.CCCN1CCCC1.CCN1CC1C(=O)OC. The Hall–Kier alpha value is -0.610. The molecule has 0 radical (unpaired) electrons. The third kappa shape index (κ3) is 19.6. The van der Waals surface area contributed by atoms with E-state index in [0.29, 0.717) is 0 Å². The number of likely N-dealkylation sites (N-methyl/N-ethyl adjacent to an activating group) is 1. The molecule has 0 amide bonds. The first-order valence-corrected chi connectivity index (χ1v) is 10.8. The van der Waals surface area contributed by atoms with Crippen molar-refractivity contribution in [3.63, 3.8) is 0 Å². The number of hydrogen-bond donors (Lipinski definition) is 0. The molecule has 156 valence electrons. The van der Waals surface area contributed by atoms with E-state index < -0.39 is 0 Å². The number of rotatable bonds is 4. The predicted octanol–water partition coefficient (Wildman–Crippen LogP) is 5.46. The van der Waals surface area contributed by atoms with Crippen LogP contribution in [-0.4, -0.2) is 61.6 Å². The van der Waals surface area contributed by atoms with Crippen LogP contribution in [0.5, 0.6) is 0 Å². The van der Waals surface area contributed by atoms with Crippen molar-refractivity contribution in [3.8, 4) is 0 Å². The molecule has 2 heterocycles. The Kier molecular flexibility index (Phi) is 36.2. The van der Waals surface area contributed by atoms with E-state index in [1.54, 1.807) is 0 Å². The van der Waals surface area contributed by atoms with Crippen LogP contribution < -0.4 is 0 Å². The number of carbonyl (C=O) groups excluding carboxylic acids is 1. The molecule has 2 aliphatic heterocycles. The maximum atomic E-state index is 10.7. The van der Waals surface area contributed by atoms with Crippen LogP contribution in [0.4, 0.5) is 0 Å². The number of nitrogens with zero attached hydrogens (tertiary/aromatic N) is 2. The highest BCUT2D eigenvalue weighted by Crippen LogP contribution is 2.16. The van der Waals surface area contributed by atoms with Gasteiger partial charge in [-0.1, -0.05) is 69.2 Å². The van der Waals surface area contributed by atoms with E-state index in [2.05, 4.69) is 16.6 Å². The van der Waals surface area contributed by atoms with Crippen LogP contribution in [0.2, 0.25) is 0 Å². The molecule has 2 rings (SSSR count). The highest BCUT2D eigenvalue weighted by Gasteiger charge is 2.39. The van der Waals surface area contributed by atoms with Gasteiger partial charge in [0.2, 0.25) is 0 Å². The number of methoxy groups -OCH3 is 1. The van der Waals surface area contributed by atoms with Crippen molar-refractivity contribution < 1.29 is 9.53 Å². The maximum absolute atomic E-state index is 10.7. The van der Waals surface area contributed by atoms with Gasteiger partial charge in [-0.25, -0.2) is 0 Å². The summed E-state index contributed by atoms with van der Waals surface area (Å²) in [6.45, 7) is 26.1. The third-order valence-electron chi connectivity index (χ3n) is 3.33. The Labute approximate surface area is 160 Å². The second-order valence-electron chi connectivity index (χ2n) is 4.68. The van der Waals surface area contributed by atoms with Gasteiger partial charge in [-0.15, -0.1) is 0 Å². The van der Waals surface area contributed by atoms with E-state index >= 15 is 0 Å². The lowest BCUT2D eigenvalue weighted by Gasteiger charge is -2.11. The minimum atomic E-state index is -0.100. The summed E-state index contributed by atoms with van der Waals surface area (Å²) in [5, 5.41) is 0. The first-order chi connectivity index (χ1) is 12.2. The monoisotopic (exact) mass is 362 g/mol. The van der Waals surface area contributed by atoms with Crippen molar-refractivity contribution >= 4 is 5.97 Å². The number of esters is 1. The fourth-order valence-corrected chi connectivity index (χ4v) is 2.21. The zero-order valence-electron chi connectivity index (χ0n) is 19.4. The Morgan fingerprint density at radius 1 is 0.920 bits per heavy atom. The summed E-state index contributed by atoms with van der Waals surface area (Å²) < 4.78 is 4.53. The molecule has 4 nitrogen and oxygen atoms in total. The van der Waals surface area contributed by atoms with Crippen molar-refractivity contribution in [2.75, 3.05) is 39.8 Å². The molecule has 2 aliphatic rings. The molecule has 2 unspecified atom stereocenters. The molecule has 0 aromatic heterocycles. The Bertz CT molecular complexity index is 230. The number of likely N-dealkylation sites (tertiary alicyclic amines) is 1. The van der Waals surface area contributed by atoms with Gasteiger partial charge >= 0.3 is 5.97 Å². The summed E-state index contributed by atoms with van der Waals surface area (Å²) in [6.07, 6.45) is 4.18.